The van der Waals surface area contributed by atoms with Crippen molar-refractivity contribution < 1.29 is 46.4 Å². The summed E-state index contributed by atoms with van der Waals surface area (Å²) in [6, 6.07) is 10.9. The summed E-state index contributed by atoms with van der Waals surface area (Å²) in [7, 11) is -3.38. The number of ketones is 1. The zero-order valence-corrected chi connectivity index (χ0v) is 32.4. The van der Waals surface area contributed by atoms with Gasteiger partial charge in [-0.1, -0.05) is 77.5 Å². The van der Waals surface area contributed by atoms with Crippen molar-refractivity contribution >= 4 is 33.0 Å². The van der Waals surface area contributed by atoms with Gasteiger partial charge in [0.05, 0.1) is 11.5 Å². The summed E-state index contributed by atoms with van der Waals surface area (Å²) in [5, 5.41) is 10.7. The molecule has 1 aliphatic heterocycles. The van der Waals surface area contributed by atoms with Crippen LogP contribution in [0.25, 0.3) is 17.4 Å². The van der Waals surface area contributed by atoms with Crippen LogP contribution in [0, 0.1) is 12.1 Å². The predicted octanol–water partition coefficient (Wildman–Crippen LogP) is 8.10. The van der Waals surface area contributed by atoms with Crippen molar-refractivity contribution in [2.45, 2.75) is 121 Å². The fourth-order valence-electron chi connectivity index (χ4n) is 6.72. The normalized spacial score (nSPS) is 23.0. The first-order valence-electron chi connectivity index (χ1n) is 18.7. The van der Waals surface area contributed by atoms with Crippen LogP contribution in [0.15, 0.2) is 52.9 Å². The average Bonchev–Trinajstić information content (AvgIpc) is 3.36. The van der Waals surface area contributed by atoms with E-state index in [0.29, 0.717) is 35.5 Å². The summed E-state index contributed by atoms with van der Waals surface area (Å²) in [5.41, 5.74) is 1.58. The van der Waals surface area contributed by atoms with Gasteiger partial charge in [-0.3, -0.25) is 4.79 Å². The number of aliphatic hydroxyl groups excluding tert-OH is 1. The Labute approximate surface area is 309 Å². The number of carbonyl (C=O) groups is 1. The van der Waals surface area contributed by atoms with Crippen molar-refractivity contribution in [2.75, 3.05) is 32.7 Å². The maximum atomic E-state index is 14.9. The van der Waals surface area contributed by atoms with Gasteiger partial charge in [0, 0.05) is 31.6 Å². The van der Waals surface area contributed by atoms with Gasteiger partial charge in [0.25, 0.3) is 0 Å². The second-order valence-corrected chi connectivity index (χ2v) is 15.7. The van der Waals surface area contributed by atoms with E-state index < -0.39 is 46.2 Å². The van der Waals surface area contributed by atoms with E-state index in [1.54, 1.807) is 30.3 Å². The Hall–Kier alpha value is -2.93. The van der Waals surface area contributed by atoms with Crippen molar-refractivity contribution in [2.24, 2.45) is 0 Å². The SMILES string of the molecule is CCCCCO[C@@H]1[C@@H](CO)O[C](OC2=C(C)C(=Cc3ccc(S(C)(=O)=O)cc3)c3ccc(F)cc32)[C@H](OCCCCC)[C@]1(OCCCCC)C(C)=O. The molecule has 1 saturated heterocycles. The number of carbonyl (C=O) groups excluding carboxylic acids is 1. The van der Waals surface area contributed by atoms with Gasteiger partial charge in [-0.05, 0) is 85.7 Å². The Bertz CT molecular complexity index is 1650. The molecule has 1 radical (unpaired) electrons. The standard InChI is InChI=1S/C41H56FO9S/c1-7-10-13-22-47-38-36(27-43)50-40(39(48-23-14-11-8-2)41(38,29(5)44)49-24-15-12-9-3)51-37-28(4)34(33-21-18-31(42)26-35(33)37)25-30-16-19-32(20-17-30)52(6,45)46/h16-21,25-26,36,38-39,43H,7-15,22-24,27H2,1-6H3/t36-,38-,39+,41+/m1/s1. The third-order valence-corrected chi connectivity index (χ3v) is 10.7. The van der Waals surface area contributed by atoms with Gasteiger partial charge in [-0.15, -0.1) is 0 Å². The minimum atomic E-state index is -3.38. The molecule has 4 rings (SSSR count). The van der Waals surface area contributed by atoms with Gasteiger partial charge in [0.1, 0.15) is 23.8 Å². The highest BCUT2D eigenvalue weighted by molar-refractivity contribution is 7.90. The average molecular weight is 744 g/mol. The topological polar surface area (TPSA) is 118 Å². The number of ether oxygens (including phenoxy) is 5. The smallest absolute Gasteiger partial charge is 0.310 e. The number of sulfone groups is 1. The van der Waals surface area contributed by atoms with Gasteiger partial charge in [0.15, 0.2) is 27.3 Å². The van der Waals surface area contributed by atoms with Crippen LogP contribution in [0.3, 0.4) is 0 Å². The molecule has 1 heterocycles. The van der Waals surface area contributed by atoms with Crippen LogP contribution in [-0.4, -0.2) is 75.9 Å². The second-order valence-electron chi connectivity index (χ2n) is 13.7. The number of hydrogen-bond donors (Lipinski definition) is 1. The number of hydrogen-bond acceptors (Lipinski definition) is 9. The van der Waals surface area contributed by atoms with Gasteiger partial charge in [-0.25, -0.2) is 12.8 Å². The summed E-state index contributed by atoms with van der Waals surface area (Å²) in [6.45, 7) is 9.94. The summed E-state index contributed by atoms with van der Waals surface area (Å²) in [5.74, 6) is -0.512. The third-order valence-electron chi connectivity index (χ3n) is 9.61. The minimum Gasteiger partial charge on any atom is -0.452 e. The quantitative estimate of drug-likeness (QED) is 0.127. The number of aliphatic hydroxyl groups is 1. The number of Topliss-reactive ketones (excluding diaryl/α,β-unsaturated/α-hetero) is 1. The summed E-state index contributed by atoms with van der Waals surface area (Å²) < 4.78 is 71.7. The van der Waals surface area contributed by atoms with Crippen LogP contribution in [0.2, 0.25) is 0 Å². The molecule has 2 aromatic carbocycles. The molecule has 2 aromatic rings. The lowest BCUT2D eigenvalue weighted by molar-refractivity contribution is -0.294. The zero-order chi connectivity index (χ0) is 37.9. The predicted molar refractivity (Wildman–Crippen MR) is 200 cm³/mol. The number of fused-ring (bicyclic) bond motifs is 1. The Balaban J connectivity index is 1.82. The summed E-state index contributed by atoms with van der Waals surface area (Å²) >= 11 is 0. The first-order valence-corrected chi connectivity index (χ1v) is 20.6. The van der Waals surface area contributed by atoms with E-state index in [1.807, 2.05) is 13.0 Å². The molecule has 0 aromatic heterocycles. The van der Waals surface area contributed by atoms with Crippen LogP contribution in [-0.2, 0) is 38.3 Å². The molecular weight excluding hydrogens is 688 g/mol. The molecule has 1 fully saturated rings. The van der Waals surface area contributed by atoms with Crippen molar-refractivity contribution in [1.29, 1.82) is 0 Å². The second kappa shape index (κ2) is 19.4. The van der Waals surface area contributed by atoms with Crippen LogP contribution in [0.5, 0.6) is 0 Å². The molecule has 2 aliphatic rings. The fraction of sp³-hybridized carbons (Fsp3) is 0.561. The van der Waals surface area contributed by atoms with Crippen LogP contribution < -0.4 is 0 Å². The van der Waals surface area contributed by atoms with Crippen molar-refractivity contribution in [3.05, 3.63) is 76.8 Å². The van der Waals surface area contributed by atoms with Crippen molar-refractivity contribution in [3.63, 3.8) is 0 Å². The molecular formula is C41H56FO9S. The summed E-state index contributed by atoms with van der Waals surface area (Å²) in [4.78, 5) is 14.3. The molecule has 0 amide bonds. The van der Waals surface area contributed by atoms with E-state index in [1.165, 1.54) is 19.1 Å². The van der Waals surface area contributed by atoms with Gasteiger partial charge >= 0.3 is 6.29 Å². The molecule has 0 saturated carbocycles. The van der Waals surface area contributed by atoms with E-state index >= 15 is 0 Å². The van der Waals surface area contributed by atoms with Gasteiger partial charge in [-0.2, -0.15) is 0 Å². The highest BCUT2D eigenvalue weighted by Gasteiger charge is 2.64. The van der Waals surface area contributed by atoms with Crippen LogP contribution >= 0.6 is 0 Å². The minimum absolute atomic E-state index is 0.0713. The molecule has 0 unspecified atom stereocenters. The molecule has 287 valence electrons. The molecule has 1 aliphatic carbocycles. The van der Waals surface area contributed by atoms with Crippen LogP contribution in [0.1, 0.15) is 109 Å². The van der Waals surface area contributed by atoms with E-state index in [2.05, 4.69) is 20.8 Å². The Kier molecular flexibility index (Phi) is 15.6. The number of halogens is 1. The van der Waals surface area contributed by atoms with Gasteiger partial charge in [0.2, 0.25) is 0 Å². The molecule has 0 bridgehead atoms. The third kappa shape index (κ3) is 9.78. The van der Waals surface area contributed by atoms with E-state index in [-0.39, 0.29) is 30.2 Å². The highest BCUT2D eigenvalue weighted by Crippen LogP contribution is 2.48. The highest BCUT2D eigenvalue weighted by atomic mass is 32.2. The number of benzene rings is 2. The largest absolute Gasteiger partial charge is 0.452 e. The number of unbranched alkanes of at least 4 members (excludes halogenated alkanes) is 6. The lowest BCUT2D eigenvalue weighted by Gasteiger charge is -2.51. The lowest BCUT2D eigenvalue weighted by Crippen LogP contribution is -2.70. The van der Waals surface area contributed by atoms with Crippen molar-refractivity contribution in [1.82, 2.24) is 0 Å². The Morgan fingerprint density at radius 3 is 2.10 bits per heavy atom. The molecule has 4 atom stereocenters. The zero-order valence-electron chi connectivity index (χ0n) is 31.5. The number of allylic oxidation sites excluding steroid dienone is 2. The van der Waals surface area contributed by atoms with E-state index in [4.69, 9.17) is 23.7 Å². The molecule has 0 spiro atoms. The molecule has 1 N–H and O–H groups in total. The van der Waals surface area contributed by atoms with Gasteiger partial charge < -0.3 is 28.8 Å². The first-order chi connectivity index (χ1) is 24.9. The van der Waals surface area contributed by atoms with Crippen molar-refractivity contribution in [3.8, 4) is 0 Å². The molecule has 52 heavy (non-hydrogen) atoms. The molecule has 9 nitrogen and oxygen atoms in total. The fourth-order valence-corrected chi connectivity index (χ4v) is 7.35. The monoisotopic (exact) mass is 743 g/mol. The summed E-state index contributed by atoms with van der Waals surface area (Å²) in [6.07, 6.45) is 7.57. The first kappa shape index (κ1) is 41.8. The van der Waals surface area contributed by atoms with Crippen LogP contribution in [0.4, 0.5) is 4.39 Å². The maximum absolute atomic E-state index is 14.9. The molecule has 11 heteroatoms. The van der Waals surface area contributed by atoms with E-state index in [0.717, 1.165) is 68.8 Å². The lowest BCUT2D eigenvalue weighted by atomic mass is 9.80. The Morgan fingerprint density at radius 2 is 1.52 bits per heavy atom. The number of rotatable bonds is 21. The Morgan fingerprint density at radius 1 is 0.904 bits per heavy atom. The maximum Gasteiger partial charge on any atom is 0.310 e. The van der Waals surface area contributed by atoms with E-state index in [9.17, 15) is 22.7 Å².